The van der Waals surface area contributed by atoms with Crippen LogP contribution in [0.5, 0.6) is 0 Å². The summed E-state index contributed by atoms with van der Waals surface area (Å²) in [6, 6.07) is 6.47. The molecule has 0 saturated carbocycles. The second-order valence-electron chi connectivity index (χ2n) is 3.85. The molecule has 0 bridgehead atoms. The minimum atomic E-state index is -0.277. The van der Waals surface area contributed by atoms with E-state index in [0.29, 0.717) is 5.69 Å². The van der Waals surface area contributed by atoms with E-state index in [1.165, 1.54) is 12.1 Å². The molecule has 0 fully saturated rings. The van der Waals surface area contributed by atoms with Crippen molar-refractivity contribution in [1.82, 2.24) is 4.57 Å². The van der Waals surface area contributed by atoms with Crippen LogP contribution in [0, 0.1) is 5.82 Å². The molecule has 0 unspecified atom stereocenters. The lowest BCUT2D eigenvalue weighted by Gasteiger charge is -2.11. The normalized spacial score (nSPS) is 11.2. The Hall–Kier alpha value is -1.64. The van der Waals surface area contributed by atoms with E-state index in [-0.39, 0.29) is 11.9 Å². The van der Waals surface area contributed by atoms with Gasteiger partial charge in [-0.2, -0.15) is 0 Å². The third kappa shape index (κ3) is 1.54. The molecule has 0 aliphatic heterocycles. The first-order valence-electron chi connectivity index (χ1n) is 4.89. The number of nitrogens with zero attached hydrogens (tertiary/aromatic N) is 1. The topological polar surface area (TPSA) is 22.0 Å². The zero-order chi connectivity index (χ0) is 11.0. The van der Waals surface area contributed by atoms with E-state index in [1.54, 1.807) is 12.1 Å². The van der Waals surface area contributed by atoms with Crippen molar-refractivity contribution in [3.63, 3.8) is 0 Å². The van der Waals surface area contributed by atoms with Crippen LogP contribution in [-0.4, -0.2) is 10.9 Å². The van der Waals surface area contributed by atoms with Gasteiger partial charge in [0.25, 0.3) is 0 Å². The minimum absolute atomic E-state index is 0.188. The lowest BCUT2D eigenvalue weighted by atomic mass is 10.2. The molecule has 1 heterocycles. The SMILES string of the molecule is CC(C)n1c(C=O)cc2cc(F)ccc21. The molecule has 0 N–H and O–H groups in total. The van der Waals surface area contributed by atoms with Crippen LogP contribution in [0.2, 0.25) is 0 Å². The van der Waals surface area contributed by atoms with Crippen LogP contribution < -0.4 is 0 Å². The van der Waals surface area contributed by atoms with E-state index in [0.717, 1.165) is 17.2 Å². The van der Waals surface area contributed by atoms with Crippen molar-refractivity contribution in [2.75, 3.05) is 0 Å². The first kappa shape index (κ1) is 9.90. The van der Waals surface area contributed by atoms with Crippen molar-refractivity contribution in [3.05, 3.63) is 35.8 Å². The number of fused-ring (bicyclic) bond motifs is 1. The fourth-order valence-electron chi connectivity index (χ4n) is 1.90. The molecule has 2 nitrogen and oxygen atoms in total. The Bertz CT molecular complexity index is 514. The molecule has 0 spiro atoms. The Kier molecular flexibility index (Phi) is 2.31. The second kappa shape index (κ2) is 3.50. The maximum absolute atomic E-state index is 13.0. The molecule has 3 heteroatoms. The predicted octanol–water partition coefficient (Wildman–Crippen LogP) is 3.17. The average Bonchev–Trinajstić information content (AvgIpc) is 2.54. The third-order valence-corrected chi connectivity index (χ3v) is 2.47. The van der Waals surface area contributed by atoms with E-state index in [1.807, 2.05) is 18.4 Å². The quantitative estimate of drug-likeness (QED) is 0.690. The van der Waals surface area contributed by atoms with Crippen LogP contribution in [0.15, 0.2) is 24.3 Å². The first-order valence-corrected chi connectivity index (χ1v) is 4.89. The number of hydrogen-bond donors (Lipinski definition) is 0. The van der Waals surface area contributed by atoms with Gasteiger partial charge in [0.1, 0.15) is 5.82 Å². The number of halogens is 1. The Morgan fingerprint density at radius 3 is 2.67 bits per heavy atom. The molecule has 1 aromatic carbocycles. The molecule has 0 radical (unpaired) electrons. The molecule has 78 valence electrons. The zero-order valence-electron chi connectivity index (χ0n) is 8.70. The van der Waals surface area contributed by atoms with Gasteiger partial charge in [-0.3, -0.25) is 4.79 Å². The van der Waals surface area contributed by atoms with Gasteiger partial charge in [0, 0.05) is 16.9 Å². The standard InChI is InChI=1S/C12H12FNO/c1-8(2)14-11(7-15)6-9-5-10(13)3-4-12(9)14/h3-8H,1-2H3. The van der Waals surface area contributed by atoms with Crippen molar-refractivity contribution in [2.45, 2.75) is 19.9 Å². The van der Waals surface area contributed by atoms with E-state index < -0.39 is 0 Å². The number of aromatic nitrogens is 1. The molecule has 15 heavy (non-hydrogen) atoms. The van der Waals surface area contributed by atoms with Gasteiger partial charge in [-0.15, -0.1) is 0 Å². The maximum atomic E-state index is 13.0. The van der Waals surface area contributed by atoms with Crippen LogP contribution in [0.25, 0.3) is 10.9 Å². The minimum Gasteiger partial charge on any atom is -0.336 e. The molecule has 0 saturated heterocycles. The maximum Gasteiger partial charge on any atom is 0.166 e. The predicted molar refractivity (Wildman–Crippen MR) is 57.7 cm³/mol. The third-order valence-electron chi connectivity index (χ3n) is 2.47. The van der Waals surface area contributed by atoms with E-state index in [9.17, 15) is 9.18 Å². The summed E-state index contributed by atoms with van der Waals surface area (Å²) < 4.78 is 14.9. The first-order chi connectivity index (χ1) is 7.13. The van der Waals surface area contributed by atoms with Crippen LogP contribution in [0.3, 0.4) is 0 Å². The number of hydrogen-bond acceptors (Lipinski definition) is 1. The number of carbonyl (C=O) groups excluding carboxylic acids is 1. The molecule has 0 atom stereocenters. The van der Waals surface area contributed by atoms with Gasteiger partial charge in [0.2, 0.25) is 0 Å². The van der Waals surface area contributed by atoms with Gasteiger partial charge in [0.15, 0.2) is 6.29 Å². The molecule has 0 aliphatic carbocycles. The van der Waals surface area contributed by atoms with Crippen LogP contribution in [0.1, 0.15) is 30.4 Å². The van der Waals surface area contributed by atoms with E-state index >= 15 is 0 Å². The van der Waals surface area contributed by atoms with Crippen molar-refractivity contribution in [1.29, 1.82) is 0 Å². The highest BCUT2D eigenvalue weighted by Crippen LogP contribution is 2.23. The summed E-state index contributed by atoms with van der Waals surface area (Å²) >= 11 is 0. The van der Waals surface area contributed by atoms with Gasteiger partial charge in [-0.1, -0.05) is 0 Å². The highest BCUT2D eigenvalue weighted by Gasteiger charge is 2.10. The Morgan fingerprint density at radius 2 is 2.07 bits per heavy atom. The second-order valence-corrected chi connectivity index (χ2v) is 3.85. The van der Waals surface area contributed by atoms with Crippen molar-refractivity contribution in [3.8, 4) is 0 Å². The van der Waals surface area contributed by atoms with Gasteiger partial charge in [-0.05, 0) is 38.1 Å². The summed E-state index contributed by atoms with van der Waals surface area (Å²) in [6.45, 7) is 3.99. The van der Waals surface area contributed by atoms with Crippen LogP contribution in [0.4, 0.5) is 4.39 Å². The van der Waals surface area contributed by atoms with Crippen molar-refractivity contribution in [2.24, 2.45) is 0 Å². The summed E-state index contributed by atoms with van der Waals surface area (Å²) in [5, 5.41) is 0.769. The zero-order valence-corrected chi connectivity index (χ0v) is 8.70. The van der Waals surface area contributed by atoms with E-state index in [2.05, 4.69) is 0 Å². The van der Waals surface area contributed by atoms with Crippen molar-refractivity contribution < 1.29 is 9.18 Å². The Morgan fingerprint density at radius 1 is 1.33 bits per heavy atom. The lowest BCUT2D eigenvalue weighted by Crippen LogP contribution is -2.04. The fraction of sp³-hybridized carbons (Fsp3) is 0.250. The smallest absolute Gasteiger partial charge is 0.166 e. The summed E-state index contributed by atoms with van der Waals surface area (Å²) in [5.74, 6) is -0.277. The Labute approximate surface area is 87.3 Å². The largest absolute Gasteiger partial charge is 0.336 e. The summed E-state index contributed by atoms with van der Waals surface area (Å²) in [5.41, 5.74) is 1.49. The molecular weight excluding hydrogens is 193 g/mol. The van der Waals surface area contributed by atoms with Crippen LogP contribution in [-0.2, 0) is 0 Å². The highest BCUT2D eigenvalue weighted by atomic mass is 19.1. The van der Waals surface area contributed by atoms with Gasteiger partial charge >= 0.3 is 0 Å². The highest BCUT2D eigenvalue weighted by molar-refractivity contribution is 5.89. The molecule has 2 aromatic rings. The average molecular weight is 205 g/mol. The molecule has 0 amide bonds. The molecule has 0 aliphatic rings. The molecule has 2 rings (SSSR count). The number of aldehydes is 1. The van der Waals surface area contributed by atoms with E-state index in [4.69, 9.17) is 0 Å². The van der Waals surface area contributed by atoms with Crippen molar-refractivity contribution >= 4 is 17.2 Å². The Balaban J connectivity index is 2.80. The number of benzene rings is 1. The van der Waals surface area contributed by atoms with Gasteiger partial charge in [0.05, 0.1) is 5.69 Å². The molecular formula is C12H12FNO. The van der Waals surface area contributed by atoms with Gasteiger partial charge in [-0.25, -0.2) is 4.39 Å². The monoisotopic (exact) mass is 205 g/mol. The molecule has 1 aromatic heterocycles. The summed E-state index contributed by atoms with van der Waals surface area (Å²) in [4.78, 5) is 10.9. The summed E-state index contributed by atoms with van der Waals surface area (Å²) in [7, 11) is 0. The fourth-order valence-corrected chi connectivity index (χ4v) is 1.90. The van der Waals surface area contributed by atoms with Crippen LogP contribution >= 0.6 is 0 Å². The number of carbonyl (C=O) groups is 1. The summed E-state index contributed by atoms with van der Waals surface area (Å²) in [6.07, 6.45) is 0.803. The van der Waals surface area contributed by atoms with Gasteiger partial charge < -0.3 is 4.57 Å². The lowest BCUT2D eigenvalue weighted by molar-refractivity contribution is 0.111. The number of rotatable bonds is 2.